The number of nitrogens with zero attached hydrogens (tertiary/aromatic N) is 2. The number of rotatable bonds is 8. The van der Waals surface area contributed by atoms with Crippen molar-refractivity contribution in [1.82, 2.24) is 9.55 Å². The molecule has 0 saturated carbocycles. The SMILES string of the molecule is C#CCO[C@H]1[C@@H](OP(O)(=S)OC(C)C)[C@@H](CC)O[C@H]1n1ccc(N)nc1=O. The summed E-state index contributed by atoms with van der Waals surface area (Å²) in [6.45, 7) is 1.74. The Bertz CT molecular complexity index is 795. The highest BCUT2D eigenvalue weighted by Crippen LogP contribution is 2.50. The van der Waals surface area contributed by atoms with Crippen LogP contribution in [0.5, 0.6) is 0 Å². The van der Waals surface area contributed by atoms with Crippen molar-refractivity contribution in [3.63, 3.8) is 0 Å². The molecule has 1 aliphatic heterocycles. The van der Waals surface area contributed by atoms with Crippen molar-refractivity contribution in [1.29, 1.82) is 0 Å². The first kappa shape index (κ1) is 22.0. The van der Waals surface area contributed by atoms with Gasteiger partial charge in [-0.1, -0.05) is 12.8 Å². The lowest BCUT2D eigenvalue weighted by Crippen LogP contribution is -2.39. The van der Waals surface area contributed by atoms with Crippen LogP contribution in [0.15, 0.2) is 17.1 Å². The Labute approximate surface area is 163 Å². The molecule has 150 valence electrons. The number of ether oxygens (including phenoxy) is 2. The predicted octanol–water partition coefficient (Wildman–Crippen LogP) is 1.18. The van der Waals surface area contributed by atoms with Gasteiger partial charge in [0, 0.05) is 6.20 Å². The Morgan fingerprint density at radius 3 is 2.81 bits per heavy atom. The summed E-state index contributed by atoms with van der Waals surface area (Å²) >= 11 is 5.09. The number of terminal acetylenes is 1. The van der Waals surface area contributed by atoms with Gasteiger partial charge in [0.1, 0.15) is 24.6 Å². The van der Waals surface area contributed by atoms with Crippen LogP contribution in [0, 0.1) is 12.3 Å². The molecular formula is C16H24N3O6PS. The average molecular weight is 417 g/mol. The van der Waals surface area contributed by atoms with Crippen molar-refractivity contribution in [2.45, 2.75) is 57.8 Å². The van der Waals surface area contributed by atoms with E-state index in [-0.39, 0.29) is 18.5 Å². The lowest BCUT2D eigenvalue weighted by molar-refractivity contribution is -0.0615. The van der Waals surface area contributed by atoms with Crippen molar-refractivity contribution in [2.75, 3.05) is 12.3 Å². The van der Waals surface area contributed by atoms with E-state index in [4.69, 9.17) is 42.5 Å². The maximum Gasteiger partial charge on any atom is 0.351 e. The van der Waals surface area contributed by atoms with Gasteiger partial charge in [-0.15, -0.1) is 6.42 Å². The predicted molar refractivity (Wildman–Crippen MR) is 103 cm³/mol. The Morgan fingerprint density at radius 2 is 2.26 bits per heavy atom. The summed E-state index contributed by atoms with van der Waals surface area (Å²) < 4.78 is 24.0. The topological polar surface area (TPSA) is 118 Å². The van der Waals surface area contributed by atoms with Crippen molar-refractivity contribution in [3.05, 3.63) is 22.7 Å². The summed E-state index contributed by atoms with van der Waals surface area (Å²) in [5.74, 6) is 2.46. The van der Waals surface area contributed by atoms with Crippen LogP contribution >= 0.6 is 6.72 Å². The largest absolute Gasteiger partial charge is 0.383 e. The van der Waals surface area contributed by atoms with E-state index in [2.05, 4.69) is 10.9 Å². The van der Waals surface area contributed by atoms with Crippen LogP contribution in [0.4, 0.5) is 5.82 Å². The van der Waals surface area contributed by atoms with E-state index in [1.165, 1.54) is 16.8 Å². The van der Waals surface area contributed by atoms with Crippen LogP contribution in [0.3, 0.4) is 0 Å². The van der Waals surface area contributed by atoms with Gasteiger partial charge in [0.25, 0.3) is 0 Å². The highest BCUT2D eigenvalue weighted by molar-refractivity contribution is 8.07. The minimum absolute atomic E-state index is 0.0443. The number of aromatic nitrogens is 2. The van der Waals surface area contributed by atoms with Gasteiger partial charge in [0.2, 0.25) is 0 Å². The lowest BCUT2D eigenvalue weighted by atomic mass is 10.1. The fraction of sp³-hybridized carbons (Fsp3) is 0.625. The number of nitrogen functional groups attached to an aromatic ring is 1. The van der Waals surface area contributed by atoms with Crippen molar-refractivity contribution in [3.8, 4) is 12.3 Å². The molecule has 11 heteroatoms. The molecule has 1 unspecified atom stereocenters. The first-order chi connectivity index (χ1) is 12.7. The third-order valence-corrected chi connectivity index (χ3v) is 5.49. The normalized spacial score (nSPS) is 27.4. The van der Waals surface area contributed by atoms with E-state index in [1.54, 1.807) is 13.8 Å². The van der Waals surface area contributed by atoms with Crippen LogP contribution in [0.2, 0.25) is 0 Å². The summed E-state index contributed by atoms with van der Waals surface area (Å²) in [4.78, 5) is 26.3. The molecule has 0 aromatic carbocycles. The molecule has 1 fully saturated rings. The Hall–Kier alpha value is -1.31. The molecule has 1 aromatic rings. The first-order valence-corrected chi connectivity index (χ1v) is 11.0. The minimum atomic E-state index is -3.56. The fourth-order valence-electron chi connectivity index (χ4n) is 2.77. The number of nitrogens with two attached hydrogens (primary N) is 1. The highest BCUT2D eigenvalue weighted by atomic mass is 32.5. The summed E-state index contributed by atoms with van der Waals surface area (Å²) in [6.07, 6.45) is 3.98. The van der Waals surface area contributed by atoms with Crippen LogP contribution in [-0.4, -0.2) is 45.5 Å². The van der Waals surface area contributed by atoms with Crippen LogP contribution in [0.25, 0.3) is 0 Å². The second-order valence-corrected chi connectivity index (χ2v) is 8.93. The number of hydrogen-bond donors (Lipinski definition) is 2. The molecule has 0 radical (unpaired) electrons. The van der Waals surface area contributed by atoms with E-state index in [1.807, 2.05) is 6.92 Å². The van der Waals surface area contributed by atoms with Crippen LogP contribution in [0.1, 0.15) is 33.4 Å². The van der Waals surface area contributed by atoms with Gasteiger partial charge in [0.05, 0.1) is 12.2 Å². The Kier molecular flexibility index (Phi) is 7.54. The van der Waals surface area contributed by atoms with Gasteiger partial charge in [-0.25, -0.2) is 4.79 Å². The zero-order valence-corrected chi connectivity index (χ0v) is 17.1. The van der Waals surface area contributed by atoms with Crippen molar-refractivity contribution < 1.29 is 23.4 Å². The third-order valence-electron chi connectivity index (χ3n) is 3.77. The summed E-state index contributed by atoms with van der Waals surface area (Å²) in [5, 5.41) is 0. The van der Waals surface area contributed by atoms with E-state index in [0.29, 0.717) is 6.42 Å². The third kappa shape index (κ3) is 5.59. The van der Waals surface area contributed by atoms with Gasteiger partial charge in [0.15, 0.2) is 6.23 Å². The van der Waals surface area contributed by atoms with Crippen molar-refractivity contribution in [2.24, 2.45) is 0 Å². The summed E-state index contributed by atoms with van der Waals surface area (Å²) in [5.41, 5.74) is 4.94. The minimum Gasteiger partial charge on any atom is -0.383 e. The summed E-state index contributed by atoms with van der Waals surface area (Å²) in [7, 11) is 0. The molecule has 0 amide bonds. The van der Waals surface area contributed by atoms with Crippen molar-refractivity contribution >= 4 is 24.3 Å². The standard InChI is InChI=1S/C16H24N3O6PS/c1-5-9-22-14-13(25-26(21,27)24-10(3)4)11(6-2)23-15(14)19-8-7-12(17)18-16(19)20/h1,7-8,10-11,13-15H,6,9H2,2-4H3,(H,21,27)(H2,17,18,20)/t11-,13+,14+,15-,26?/m1/s1. The van der Waals surface area contributed by atoms with Gasteiger partial charge in [-0.2, -0.15) is 4.98 Å². The molecule has 1 aromatic heterocycles. The number of hydrogen-bond acceptors (Lipinski definition) is 8. The van der Waals surface area contributed by atoms with E-state index >= 15 is 0 Å². The average Bonchev–Trinajstić information content (AvgIpc) is 2.88. The monoisotopic (exact) mass is 417 g/mol. The van der Waals surface area contributed by atoms with Gasteiger partial charge in [-0.3, -0.25) is 9.09 Å². The van der Waals surface area contributed by atoms with Gasteiger partial charge in [-0.05, 0) is 38.1 Å². The molecule has 2 heterocycles. The first-order valence-electron chi connectivity index (χ1n) is 8.43. The molecule has 27 heavy (non-hydrogen) atoms. The van der Waals surface area contributed by atoms with E-state index < -0.39 is 36.9 Å². The maximum absolute atomic E-state index is 12.2. The quantitative estimate of drug-likeness (QED) is 0.475. The Morgan fingerprint density at radius 1 is 1.56 bits per heavy atom. The zero-order chi connectivity index (χ0) is 20.2. The van der Waals surface area contributed by atoms with E-state index in [9.17, 15) is 9.69 Å². The smallest absolute Gasteiger partial charge is 0.351 e. The molecule has 3 N–H and O–H groups in total. The molecule has 1 aliphatic rings. The molecule has 0 spiro atoms. The zero-order valence-electron chi connectivity index (χ0n) is 15.3. The molecule has 1 saturated heterocycles. The summed E-state index contributed by atoms with van der Waals surface area (Å²) in [6, 6.07) is 1.47. The molecule has 2 rings (SSSR count). The molecule has 0 aliphatic carbocycles. The second-order valence-electron chi connectivity index (χ2n) is 6.19. The molecule has 0 bridgehead atoms. The highest BCUT2D eigenvalue weighted by Gasteiger charge is 2.49. The van der Waals surface area contributed by atoms with Gasteiger partial charge >= 0.3 is 12.4 Å². The molecule has 9 nitrogen and oxygen atoms in total. The lowest BCUT2D eigenvalue weighted by Gasteiger charge is -2.28. The second kappa shape index (κ2) is 9.26. The van der Waals surface area contributed by atoms with E-state index in [0.717, 1.165) is 0 Å². The maximum atomic E-state index is 12.2. The molecule has 5 atom stereocenters. The van der Waals surface area contributed by atoms with Crippen LogP contribution in [-0.2, 0) is 30.3 Å². The Balaban J connectivity index is 2.37. The molecular weight excluding hydrogens is 393 g/mol. The number of anilines is 1. The van der Waals surface area contributed by atoms with Crippen LogP contribution < -0.4 is 11.4 Å². The van der Waals surface area contributed by atoms with Gasteiger partial charge < -0.3 is 24.6 Å². The fourth-order valence-corrected chi connectivity index (χ4v) is 4.73.